The molecule has 0 aromatic heterocycles. The van der Waals surface area contributed by atoms with Crippen molar-refractivity contribution >= 4 is 68.7 Å². The molecule has 1 saturated heterocycles. The second-order valence-corrected chi connectivity index (χ2v) is 26.7. The molecule has 0 N–H and O–H groups in total. The minimum atomic E-state index is -1.65. The molecule has 1 aliphatic heterocycles. The Kier molecular flexibility index (Phi) is 51.4. The topological polar surface area (TPSA) is 49.4 Å². The van der Waals surface area contributed by atoms with Crippen molar-refractivity contribution in [1.29, 1.82) is 0 Å². The zero-order valence-corrected chi connectivity index (χ0v) is 59.0. The smallest absolute Gasteiger partial charge is 1.00 e. The summed E-state index contributed by atoms with van der Waals surface area (Å²) in [5.41, 5.74) is 4.56. The monoisotopic (exact) mass is 1280 g/mol. The van der Waals surface area contributed by atoms with Gasteiger partial charge < -0.3 is 31.6 Å². The van der Waals surface area contributed by atoms with Crippen LogP contribution in [-0.4, -0.2) is 43.2 Å². The third-order valence-corrected chi connectivity index (χ3v) is 18.9. The third-order valence-electron chi connectivity index (χ3n) is 11.4. The summed E-state index contributed by atoms with van der Waals surface area (Å²) in [7, 11) is -3.10. The minimum absolute atomic E-state index is 0. The van der Waals surface area contributed by atoms with Gasteiger partial charge in [-0.15, -0.1) is 25.3 Å². The Balaban J connectivity index is -0.000000956. The average Bonchev–Trinajstić information content (AvgIpc) is 4.20. The zero-order valence-electron chi connectivity index (χ0n) is 51.9. The van der Waals surface area contributed by atoms with Gasteiger partial charge in [-0.05, 0) is 153 Å². The van der Waals surface area contributed by atoms with Crippen LogP contribution in [0, 0.1) is 0 Å². The average molecular weight is 1280 g/mol. The van der Waals surface area contributed by atoms with Crippen molar-refractivity contribution in [2.75, 3.05) is 31.9 Å². The summed E-state index contributed by atoms with van der Waals surface area (Å²) in [4.78, 5) is 9.81. The van der Waals surface area contributed by atoms with E-state index in [0.717, 1.165) is 44.2 Å². The summed E-state index contributed by atoms with van der Waals surface area (Å²) < 4.78 is 20.4. The van der Waals surface area contributed by atoms with Gasteiger partial charge in [0.1, 0.15) is 29.0 Å². The van der Waals surface area contributed by atoms with Gasteiger partial charge in [0.2, 0.25) is 0 Å². The summed E-state index contributed by atoms with van der Waals surface area (Å²) in [6.07, 6.45) is 14.8. The molecule has 0 bridgehead atoms. The molecule has 1 aliphatic rings. The fraction of sp³-hybridized carbons (Fsp3) is 0.366. The van der Waals surface area contributed by atoms with Crippen molar-refractivity contribution in [3.63, 3.8) is 0 Å². The number of rotatable bonds is 18. The summed E-state index contributed by atoms with van der Waals surface area (Å²) in [6.45, 7) is 32.7. The molecule has 7 rings (SSSR count). The number of carbonyl (C=O) groups is 1. The van der Waals surface area contributed by atoms with Gasteiger partial charge in [0.05, 0.1) is 14.7 Å². The maximum atomic E-state index is 10.1. The van der Waals surface area contributed by atoms with E-state index in [0.29, 0.717) is 6.42 Å². The Labute approximate surface area is 552 Å². The summed E-state index contributed by atoms with van der Waals surface area (Å²) in [5.74, 6) is 0.255. The molecule has 1 fully saturated rings. The largest absolute Gasteiger partial charge is 1.00 e. The van der Waals surface area contributed by atoms with E-state index in [1.807, 2.05) is 6.92 Å². The number of hydrogen-bond acceptors (Lipinski definition) is 3. The first-order valence-corrected chi connectivity index (χ1v) is 32.0. The molecule has 3 nitrogen and oxygen atoms in total. The molecule has 0 unspecified atom stereocenters. The van der Waals surface area contributed by atoms with E-state index in [2.05, 4.69) is 258 Å². The zero-order chi connectivity index (χ0) is 59.2. The van der Waals surface area contributed by atoms with E-state index < -0.39 is 27.9 Å². The molecule has 432 valence electrons. The number of ether oxygens (including phenoxy) is 1. The van der Waals surface area contributed by atoms with Gasteiger partial charge in [0, 0.05) is 25.0 Å². The van der Waals surface area contributed by atoms with Crippen molar-refractivity contribution in [3.05, 3.63) is 230 Å². The molecular formula is C71H98Br2FKO3P2. The van der Waals surface area contributed by atoms with E-state index in [-0.39, 0.29) is 74.1 Å². The first-order valence-electron chi connectivity index (χ1n) is 28.3. The van der Waals surface area contributed by atoms with Crippen molar-refractivity contribution in [1.82, 2.24) is 0 Å². The summed E-state index contributed by atoms with van der Waals surface area (Å²) in [5, 5.41) is 19.8. The van der Waals surface area contributed by atoms with Crippen molar-refractivity contribution in [2.24, 2.45) is 0 Å². The molecule has 6 aromatic rings. The molecule has 80 heavy (non-hydrogen) atoms. The van der Waals surface area contributed by atoms with Crippen molar-refractivity contribution in [2.45, 2.75) is 139 Å². The molecule has 0 atom stereocenters. The summed E-state index contributed by atoms with van der Waals surface area (Å²) >= 11 is 3.34. The van der Waals surface area contributed by atoms with Crippen LogP contribution in [0.4, 0.5) is 4.39 Å². The first-order chi connectivity index (χ1) is 37.8. The molecule has 0 saturated carbocycles. The number of ketones is 1. The van der Waals surface area contributed by atoms with Crippen molar-refractivity contribution in [3.8, 4) is 0 Å². The molecule has 0 radical (unpaired) electrons. The number of halogens is 3. The number of benzene rings is 6. The molecule has 0 spiro atoms. The van der Waals surface area contributed by atoms with Gasteiger partial charge in [-0.25, -0.2) is 0 Å². The molecule has 1 heterocycles. The Bertz CT molecular complexity index is 2270. The Morgan fingerprint density at radius 2 is 0.900 bits per heavy atom. The van der Waals surface area contributed by atoms with Gasteiger partial charge in [0.15, 0.2) is 0 Å². The molecule has 6 aromatic carbocycles. The number of Topliss-reactive ketones (excluding diaryl/α,β-unsaturated/α-hetero) is 1. The van der Waals surface area contributed by atoms with Gasteiger partial charge in [-0.3, -0.25) is 4.39 Å². The Morgan fingerprint density at radius 3 is 1.12 bits per heavy atom. The maximum Gasteiger partial charge on any atom is 1.00 e. The second kappa shape index (κ2) is 51.9. The van der Waals surface area contributed by atoms with Crippen LogP contribution in [0.25, 0.3) is 0 Å². The predicted molar refractivity (Wildman–Crippen MR) is 353 cm³/mol. The van der Waals surface area contributed by atoms with E-state index in [1.54, 1.807) is 27.7 Å². The SMILES string of the molecule is C1CCOC1.C=C(C)CCC=C(C)CC.C=C(C)CCCBr.C=C(C)CCC[P+](c1ccccc1)(c1ccccc1)c1ccccc1.CC(C)(C)[O-].CCC(C)=O.[2H]CF.[Br-].[K+].c1ccc(P(c2ccccc2)c2ccccc2)cc1. The van der Waals surface area contributed by atoms with Gasteiger partial charge in [0.25, 0.3) is 0 Å². The van der Waals surface area contributed by atoms with Crippen LogP contribution in [0.2, 0.25) is 0 Å². The van der Waals surface area contributed by atoms with Crippen LogP contribution in [-0.2, 0) is 9.53 Å². The van der Waals surface area contributed by atoms with Crippen LogP contribution in [0.3, 0.4) is 0 Å². The third kappa shape index (κ3) is 40.5. The normalized spacial score (nSPS) is 11.2. The molecule has 0 aliphatic carbocycles. The van der Waals surface area contributed by atoms with Crippen LogP contribution in [0.1, 0.15) is 135 Å². The van der Waals surface area contributed by atoms with Crippen LogP contribution in [0.15, 0.2) is 230 Å². The maximum absolute atomic E-state index is 10.1. The molecule has 9 heteroatoms. The van der Waals surface area contributed by atoms with Gasteiger partial charge in [-0.2, -0.15) is 0 Å². The number of alkyl halides is 2. The number of allylic oxidation sites excluding steroid dienone is 5. The van der Waals surface area contributed by atoms with Crippen LogP contribution < -0.4 is 105 Å². The Morgan fingerprint density at radius 1 is 0.613 bits per heavy atom. The minimum Gasteiger partial charge on any atom is -1.00 e. The van der Waals surface area contributed by atoms with E-state index in [4.69, 9.17) is 6.11 Å². The predicted octanol–water partition coefficient (Wildman–Crippen LogP) is 11.7. The molecular weight excluding hydrogens is 1180 g/mol. The summed E-state index contributed by atoms with van der Waals surface area (Å²) in [6, 6.07) is 65.6. The fourth-order valence-corrected chi connectivity index (χ4v) is 14.2. The van der Waals surface area contributed by atoms with Gasteiger partial charge in [-0.1, -0.05) is 225 Å². The van der Waals surface area contributed by atoms with Crippen LogP contribution >= 0.6 is 31.1 Å². The quantitative estimate of drug-likeness (QED) is 0.0373. The number of hydrogen-bond donors (Lipinski definition) is 0. The fourth-order valence-electron chi connectivity index (χ4n) is 7.27. The molecule has 0 amide bonds. The first kappa shape index (κ1) is 79.3. The Hall–Kier alpha value is -2.74. The van der Waals surface area contributed by atoms with Crippen molar-refractivity contribution < 1.29 is 88.8 Å². The second-order valence-electron chi connectivity index (χ2n) is 20.1. The van der Waals surface area contributed by atoms with E-state index in [9.17, 15) is 14.3 Å². The number of carbonyl (C=O) groups excluding carboxylic acids is 1. The van der Waals surface area contributed by atoms with E-state index in [1.165, 1.54) is 92.4 Å². The van der Waals surface area contributed by atoms with Crippen LogP contribution in [0.5, 0.6) is 0 Å². The van der Waals surface area contributed by atoms with E-state index >= 15 is 0 Å². The van der Waals surface area contributed by atoms with Gasteiger partial charge >= 0.3 is 51.4 Å². The standard InChI is InChI=1S/C24H26P.C18H15P.C10H18.C6H11Br.C4H8O.C4H9O.C4H8O.CH3F.BrH.K/c1-21(2)13-12-20-25(22-14-6-3-7-15-22,23-16-8-4-9-17-23)24-18-10-5-11-19-24;1-4-10-16(11-5-1)19(17-12-6-2-7-13-17)18-14-8-3-9-15-18;1-5-10(4)8-6-7-9(2)3;1-6(2)4-3-5-7;1-2-4-5-3-1;1-4(2,3)5;1-3-4(2)5;1-2;;/h3-11,14-19H,1,12-13,20H2,2H3;1-15H;8H,2,5-7H2,1,3-4H3;1,3-5H2,2H3;1-4H2;1-3H3;3H2,1-2H3;1H3;1H;/q+1;;;;;-1;;;;+1/p-1/i;;;;;;;1D;;.